The Morgan fingerprint density at radius 3 is 2.43 bits per heavy atom. The Labute approximate surface area is 84.5 Å². The fourth-order valence-electron chi connectivity index (χ4n) is 1.96. The summed E-state index contributed by atoms with van der Waals surface area (Å²) in [4.78, 5) is 0. The number of phenols is 1. The van der Waals surface area contributed by atoms with Gasteiger partial charge in [0.1, 0.15) is 5.75 Å². The maximum Gasteiger partial charge on any atom is 0.115 e. The quantitative estimate of drug-likeness (QED) is 0.726. The van der Waals surface area contributed by atoms with Crippen molar-refractivity contribution >= 4 is 0 Å². The van der Waals surface area contributed by atoms with E-state index in [0.29, 0.717) is 11.7 Å². The van der Waals surface area contributed by atoms with Crippen LogP contribution in [0.5, 0.6) is 5.75 Å². The Bertz CT molecular complexity index is 317. The van der Waals surface area contributed by atoms with Crippen molar-refractivity contribution in [2.45, 2.75) is 5.92 Å². The van der Waals surface area contributed by atoms with Crippen molar-refractivity contribution in [2.24, 2.45) is 0 Å². The molecule has 76 valence electrons. The van der Waals surface area contributed by atoms with Gasteiger partial charge < -0.3 is 5.11 Å². The molecule has 3 nitrogen and oxygen atoms in total. The number of rotatable bonds is 1. The Morgan fingerprint density at radius 1 is 1.21 bits per heavy atom. The van der Waals surface area contributed by atoms with E-state index in [9.17, 15) is 5.11 Å². The van der Waals surface area contributed by atoms with Gasteiger partial charge in [-0.3, -0.25) is 0 Å². The SMILES string of the molecule is CN1CC(c2cccc(O)c2)CN1C. The lowest BCUT2D eigenvalue weighted by Gasteiger charge is -2.16. The van der Waals surface area contributed by atoms with Crippen molar-refractivity contribution in [3.8, 4) is 5.75 Å². The highest BCUT2D eigenvalue weighted by atomic mass is 16.3. The molecule has 1 fully saturated rings. The summed E-state index contributed by atoms with van der Waals surface area (Å²) in [6, 6.07) is 7.56. The van der Waals surface area contributed by atoms with Gasteiger partial charge in [-0.25, -0.2) is 10.0 Å². The zero-order chi connectivity index (χ0) is 10.1. The first-order chi connectivity index (χ1) is 6.66. The summed E-state index contributed by atoms with van der Waals surface area (Å²) in [6.45, 7) is 2.06. The molecule has 0 atom stereocenters. The number of phenolic OH excluding ortho intramolecular Hbond substituents is 1. The summed E-state index contributed by atoms with van der Waals surface area (Å²) in [6.07, 6.45) is 0. The second-order valence-corrected chi connectivity index (χ2v) is 3.97. The number of hydrazine groups is 1. The lowest BCUT2D eigenvalue weighted by molar-refractivity contribution is 0.0894. The van der Waals surface area contributed by atoms with Crippen LogP contribution >= 0.6 is 0 Å². The van der Waals surface area contributed by atoms with E-state index in [2.05, 4.69) is 30.2 Å². The first-order valence-electron chi connectivity index (χ1n) is 4.88. The molecule has 1 aromatic rings. The molecular formula is C11H16N2O. The van der Waals surface area contributed by atoms with Gasteiger partial charge in [0.15, 0.2) is 0 Å². The highest BCUT2D eigenvalue weighted by Crippen LogP contribution is 2.26. The van der Waals surface area contributed by atoms with Crippen LogP contribution in [0.25, 0.3) is 0 Å². The van der Waals surface area contributed by atoms with E-state index in [0.717, 1.165) is 13.1 Å². The van der Waals surface area contributed by atoms with Crippen LogP contribution in [-0.2, 0) is 0 Å². The predicted octanol–water partition coefficient (Wildman–Crippen LogP) is 1.27. The van der Waals surface area contributed by atoms with E-state index >= 15 is 0 Å². The smallest absolute Gasteiger partial charge is 0.115 e. The van der Waals surface area contributed by atoms with E-state index in [1.54, 1.807) is 6.07 Å². The van der Waals surface area contributed by atoms with Crippen LogP contribution < -0.4 is 0 Å². The van der Waals surface area contributed by atoms with Gasteiger partial charge in [0, 0.05) is 33.1 Å². The van der Waals surface area contributed by atoms with E-state index in [-0.39, 0.29) is 0 Å². The lowest BCUT2D eigenvalue weighted by Crippen LogP contribution is -2.28. The molecule has 2 rings (SSSR count). The van der Waals surface area contributed by atoms with Crippen LogP contribution in [0.1, 0.15) is 11.5 Å². The van der Waals surface area contributed by atoms with Crippen LogP contribution in [-0.4, -0.2) is 42.3 Å². The normalized spacial score (nSPS) is 20.4. The monoisotopic (exact) mass is 192 g/mol. The fourth-order valence-corrected chi connectivity index (χ4v) is 1.96. The van der Waals surface area contributed by atoms with Crippen LogP contribution in [0.15, 0.2) is 24.3 Å². The average molecular weight is 192 g/mol. The molecule has 1 saturated heterocycles. The molecule has 3 heteroatoms. The number of likely N-dealkylation sites (N-methyl/N-ethyl adjacent to an activating group) is 2. The minimum atomic E-state index is 0.361. The Kier molecular flexibility index (Phi) is 2.44. The van der Waals surface area contributed by atoms with Gasteiger partial charge in [0.2, 0.25) is 0 Å². The van der Waals surface area contributed by atoms with Crippen molar-refractivity contribution in [2.75, 3.05) is 27.2 Å². The second-order valence-electron chi connectivity index (χ2n) is 3.97. The van der Waals surface area contributed by atoms with Crippen LogP contribution in [0.4, 0.5) is 0 Å². The minimum absolute atomic E-state index is 0.361. The predicted molar refractivity (Wildman–Crippen MR) is 56.1 cm³/mol. The van der Waals surface area contributed by atoms with Crippen LogP contribution in [0.3, 0.4) is 0 Å². The number of nitrogens with zero attached hydrogens (tertiary/aromatic N) is 2. The van der Waals surface area contributed by atoms with Crippen molar-refractivity contribution in [1.82, 2.24) is 10.0 Å². The van der Waals surface area contributed by atoms with Gasteiger partial charge in [0.25, 0.3) is 0 Å². The highest BCUT2D eigenvalue weighted by Gasteiger charge is 2.25. The number of aromatic hydroxyl groups is 1. The molecule has 0 spiro atoms. The third-order valence-electron chi connectivity index (χ3n) is 2.89. The first kappa shape index (κ1) is 9.49. The summed E-state index contributed by atoms with van der Waals surface area (Å²) >= 11 is 0. The Hall–Kier alpha value is -1.06. The molecule has 0 aliphatic carbocycles. The highest BCUT2D eigenvalue weighted by molar-refractivity contribution is 5.30. The standard InChI is InChI=1S/C11H16N2O/c1-12-7-10(8-13(12)2)9-4-3-5-11(14)6-9/h3-6,10,14H,7-8H2,1-2H3. The van der Waals surface area contributed by atoms with Crippen molar-refractivity contribution in [3.05, 3.63) is 29.8 Å². The molecule has 1 N–H and O–H groups in total. The zero-order valence-corrected chi connectivity index (χ0v) is 8.64. The summed E-state index contributed by atoms with van der Waals surface area (Å²) in [7, 11) is 4.17. The summed E-state index contributed by atoms with van der Waals surface area (Å²) in [5.74, 6) is 0.872. The summed E-state index contributed by atoms with van der Waals surface area (Å²) in [5, 5.41) is 13.8. The average Bonchev–Trinajstić information content (AvgIpc) is 2.47. The number of benzene rings is 1. The fraction of sp³-hybridized carbons (Fsp3) is 0.455. The topological polar surface area (TPSA) is 26.7 Å². The van der Waals surface area contributed by atoms with Crippen molar-refractivity contribution in [1.29, 1.82) is 0 Å². The molecule has 0 amide bonds. The molecule has 1 heterocycles. The molecule has 0 aromatic heterocycles. The maximum absolute atomic E-state index is 9.38. The van der Waals surface area contributed by atoms with Crippen LogP contribution in [0.2, 0.25) is 0 Å². The minimum Gasteiger partial charge on any atom is -0.508 e. The largest absolute Gasteiger partial charge is 0.508 e. The summed E-state index contributed by atoms with van der Waals surface area (Å²) < 4.78 is 0. The first-order valence-corrected chi connectivity index (χ1v) is 4.88. The van der Waals surface area contributed by atoms with E-state index in [1.807, 2.05) is 12.1 Å². The Balaban J connectivity index is 2.17. The molecule has 1 aliphatic rings. The molecule has 14 heavy (non-hydrogen) atoms. The third kappa shape index (κ3) is 1.74. The van der Waals surface area contributed by atoms with Gasteiger partial charge in [-0.2, -0.15) is 0 Å². The Morgan fingerprint density at radius 2 is 1.86 bits per heavy atom. The van der Waals surface area contributed by atoms with Gasteiger partial charge in [0.05, 0.1) is 0 Å². The van der Waals surface area contributed by atoms with E-state index < -0.39 is 0 Å². The number of hydrogen-bond acceptors (Lipinski definition) is 3. The zero-order valence-electron chi connectivity index (χ0n) is 8.64. The molecule has 0 unspecified atom stereocenters. The maximum atomic E-state index is 9.38. The van der Waals surface area contributed by atoms with E-state index in [4.69, 9.17) is 0 Å². The molecule has 0 radical (unpaired) electrons. The molecule has 1 aromatic carbocycles. The van der Waals surface area contributed by atoms with Crippen molar-refractivity contribution < 1.29 is 5.11 Å². The summed E-state index contributed by atoms with van der Waals surface area (Å²) in [5.41, 5.74) is 1.22. The van der Waals surface area contributed by atoms with E-state index in [1.165, 1.54) is 5.56 Å². The van der Waals surface area contributed by atoms with Gasteiger partial charge in [-0.05, 0) is 17.7 Å². The lowest BCUT2D eigenvalue weighted by atomic mass is 10.00. The number of hydrogen-bond donors (Lipinski definition) is 1. The second kappa shape index (κ2) is 3.59. The van der Waals surface area contributed by atoms with Crippen LogP contribution in [0, 0.1) is 0 Å². The molecule has 1 aliphatic heterocycles. The van der Waals surface area contributed by atoms with Gasteiger partial charge >= 0.3 is 0 Å². The molecule has 0 saturated carbocycles. The molecular weight excluding hydrogens is 176 g/mol. The third-order valence-corrected chi connectivity index (χ3v) is 2.89. The van der Waals surface area contributed by atoms with Gasteiger partial charge in [-0.1, -0.05) is 12.1 Å². The van der Waals surface area contributed by atoms with Crippen molar-refractivity contribution in [3.63, 3.8) is 0 Å². The van der Waals surface area contributed by atoms with Gasteiger partial charge in [-0.15, -0.1) is 0 Å². The molecule has 0 bridgehead atoms.